The van der Waals surface area contributed by atoms with Gasteiger partial charge in [-0.05, 0) is 12.2 Å². The van der Waals surface area contributed by atoms with E-state index in [4.69, 9.17) is 5.73 Å². The van der Waals surface area contributed by atoms with Gasteiger partial charge in [0.05, 0.1) is 11.0 Å². The number of thiol groups is 1. The van der Waals surface area contributed by atoms with Crippen LogP contribution in [0.25, 0.3) is 0 Å². The van der Waals surface area contributed by atoms with Gasteiger partial charge in [-0.25, -0.2) is 4.98 Å². The van der Waals surface area contributed by atoms with Gasteiger partial charge >= 0.3 is 5.69 Å². The number of aromatic nitrogens is 1. The van der Waals surface area contributed by atoms with Gasteiger partial charge in [0.15, 0.2) is 0 Å². The van der Waals surface area contributed by atoms with Crippen LogP contribution in [-0.4, -0.2) is 32.0 Å². The quantitative estimate of drug-likeness (QED) is 0.342. The molecular formula is C9H13N3O4S. The molecule has 0 saturated heterocycles. The molecule has 0 radical (unpaired) electrons. The molecule has 0 fully saturated rings. The van der Waals surface area contributed by atoms with Crippen molar-refractivity contribution >= 4 is 24.1 Å². The first-order chi connectivity index (χ1) is 7.97. The summed E-state index contributed by atoms with van der Waals surface area (Å²) in [6, 6.07) is 1.11. The van der Waals surface area contributed by atoms with E-state index in [1.165, 1.54) is 6.20 Å². The molecule has 7 nitrogen and oxygen atoms in total. The SMILES string of the molecule is Nc1ncc(C(O)C(O)CCS)cc1[N+](=O)[O-]. The minimum atomic E-state index is -1.24. The van der Waals surface area contributed by atoms with Crippen LogP contribution in [0.1, 0.15) is 18.1 Å². The molecule has 0 aliphatic heterocycles. The standard InChI is InChI=1S/C9H13N3O4S/c10-9-6(12(15)16)3-5(4-11-9)8(14)7(13)1-2-17/h3-4,7-8,13-14,17H,1-2H2,(H2,10,11). The summed E-state index contributed by atoms with van der Waals surface area (Å²) in [6.45, 7) is 0. The molecule has 17 heavy (non-hydrogen) atoms. The van der Waals surface area contributed by atoms with E-state index in [0.29, 0.717) is 5.75 Å². The third kappa shape index (κ3) is 3.29. The van der Waals surface area contributed by atoms with E-state index in [0.717, 1.165) is 6.07 Å². The molecule has 0 aromatic carbocycles. The summed E-state index contributed by atoms with van der Waals surface area (Å²) in [6.07, 6.45) is -0.816. The zero-order valence-corrected chi connectivity index (χ0v) is 9.75. The smallest absolute Gasteiger partial charge is 0.311 e. The number of nitrogens with zero attached hydrogens (tertiary/aromatic N) is 2. The predicted molar refractivity (Wildman–Crippen MR) is 64.7 cm³/mol. The van der Waals surface area contributed by atoms with Crippen molar-refractivity contribution in [3.8, 4) is 0 Å². The molecule has 2 atom stereocenters. The fourth-order valence-electron chi connectivity index (χ4n) is 1.30. The molecule has 0 spiro atoms. The Morgan fingerprint density at radius 2 is 2.24 bits per heavy atom. The van der Waals surface area contributed by atoms with Crippen LogP contribution in [-0.2, 0) is 0 Å². The summed E-state index contributed by atoms with van der Waals surface area (Å²) in [7, 11) is 0. The lowest BCUT2D eigenvalue weighted by atomic mass is 10.0. The average Bonchev–Trinajstić information content (AvgIpc) is 2.28. The van der Waals surface area contributed by atoms with Crippen molar-refractivity contribution < 1.29 is 15.1 Å². The van der Waals surface area contributed by atoms with E-state index in [9.17, 15) is 20.3 Å². The summed E-state index contributed by atoms with van der Waals surface area (Å²) < 4.78 is 0. The Kier molecular flexibility index (Phi) is 4.67. The maximum atomic E-state index is 10.6. The van der Waals surface area contributed by atoms with Crippen LogP contribution < -0.4 is 5.73 Å². The van der Waals surface area contributed by atoms with Gasteiger partial charge in [-0.3, -0.25) is 10.1 Å². The minimum absolute atomic E-state index is 0.153. The highest BCUT2D eigenvalue weighted by Gasteiger charge is 2.22. The van der Waals surface area contributed by atoms with Crippen LogP contribution in [0.4, 0.5) is 11.5 Å². The molecule has 1 heterocycles. The monoisotopic (exact) mass is 259 g/mol. The summed E-state index contributed by atoms with van der Waals surface area (Å²) >= 11 is 3.92. The number of aliphatic hydroxyl groups is 2. The lowest BCUT2D eigenvalue weighted by Gasteiger charge is -2.16. The van der Waals surface area contributed by atoms with E-state index in [2.05, 4.69) is 17.6 Å². The van der Waals surface area contributed by atoms with Crippen molar-refractivity contribution in [3.63, 3.8) is 0 Å². The van der Waals surface area contributed by atoms with Gasteiger partial charge in [-0.1, -0.05) is 0 Å². The number of hydrogen-bond acceptors (Lipinski definition) is 7. The topological polar surface area (TPSA) is 123 Å². The third-order valence-corrected chi connectivity index (χ3v) is 2.50. The number of nitro groups is 1. The van der Waals surface area contributed by atoms with E-state index < -0.39 is 17.1 Å². The third-order valence-electron chi connectivity index (χ3n) is 2.25. The predicted octanol–water partition coefficient (Wildman–Crippen LogP) is 0.286. The number of rotatable bonds is 5. The average molecular weight is 259 g/mol. The van der Waals surface area contributed by atoms with Crippen molar-refractivity contribution in [2.45, 2.75) is 18.6 Å². The Morgan fingerprint density at radius 1 is 1.59 bits per heavy atom. The number of nitrogen functional groups attached to an aromatic ring is 1. The second-order valence-corrected chi connectivity index (χ2v) is 3.90. The molecule has 94 valence electrons. The van der Waals surface area contributed by atoms with Crippen LogP contribution in [0, 0.1) is 10.1 Å². The Labute approximate surface area is 103 Å². The van der Waals surface area contributed by atoms with E-state index in [1.54, 1.807) is 0 Å². The number of hydrogen-bond donors (Lipinski definition) is 4. The van der Waals surface area contributed by atoms with Crippen molar-refractivity contribution in [1.82, 2.24) is 4.98 Å². The molecule has 2 unspecified atom stereocenters. The fourth-order valence-corrected chi connectivity index (χ4v) is 1.56. The lowest BCUT2D eigenvalue weighted by molar-refractivity contribution is -0.384. The van der Waals surface area contributed by atoms with Gasteiger partial charge in [0.1, 0.15) is 6.10 Å². The van der Waals surface area contributed by atoms with Gasteiger partial charge in [-0.2, -0.15) is 12.6 Å². The Morgan fingerprint density at radius 3 is 2.76 bits per heavy atom. The highest BCUT2D eigenvalue weighted by Crippen LogP contribution is 2.25. The van der Waals surface area contributed by atoms with Gasteiger partial charge in [0.2, 0.25) is 5.82 Å². The van der Waals surface area contributed by atoms with Crippen LogP contribution in [0.3, 0.4) is 0 Å². The van der Waals surface area contributed by atoms with E-state index in [1.807, 2.05) is 0 Å². The fraction of sp³-hybridized carbons (Fsp3) is 0.444. The highest BCUT2D eigenvalue weighted by molar-refractivity contribution is 7.80. The normalized spacial score (nSPS) is 14.3. The molecule has 1 rings (SSSR count). The molecule has 0 amide bonds. The zero-order chi connectivity index (χ0) is 13.0. The largest absolute Gasteiger partial charge is 0.390 e. The molecule has 8 heteroatoms. The Balaban J connectivity index is 2.99. The summed E-state index contributed by atoms with van der Waals surface area (Å²) in [5.74, 6) is 0.164. The van der Waals surface area contributed by atoms with Crippen molar-refractivity contribution in [2.24, 2.45) is 0 Å². The van der Waals surface area contributed by atoms with Crippen LogP contribution >= 0.6 is 12.6 Å². The molecule has 0 saturated carbocycles. The summed E-state index contributed by atoms with van der Waals surface area (Å²) in [5.41, 5.74) is 5.08. The van der Waals surface area contributed by atoms with Crippen LogP contribution in [0.15, 0.2) is 12.3 Å². The van der Waals surface area contributed by atoms with E-state index >= 15 is 0 Å². The van der Waals surface area contributed by atoms with Crippen LogP contribution in [0.2, 0.25) is 0 Å². The Hall–Kier alpha value is -1.38. The molecule has 4 N–H and O–H groups in total. The number of pyridine rings is 1. The first-order valence-corrected chi connectivity index (χ1v) is 5.47. The van der Waals surface area contributed by atoms with Gasteiger partial charge in [0, 0.05) is 17.8 Å². The molecular weight excluding hydrogens is 246 g/mol. The molecule has 0 bridgehead atoms. The summed E-state index contributed by atoms with van der Waals surface area (Å²) in [5, 5.41) is 29.9. The maximum Gasteiger partial charge on any atom is 0.311 e. The highest BCUT2D eigenvalue weighted by atomic mass is 32.1. The number of anilines is 1. The molecule has 0 aliphatic carbocycles. The number of nitrogens with two attached hydrogens (primary N) is 1. The number of aliphatic hydroxyl groups excluding tert-OH is 2. The van der Waals surface area contributed by atoms with Crippen LogP contribution in [0.5, 0.6) is 0 Å². The second-order valence-electron chi connectivity index (χ2n) is 3.45. The first kappa shape index (κ1) is 13.7. The van der Waals surface area contributed by atoms with Gasteiger partial charge < -0.3 is 15.9 Å². The van der Waals surface area contributed by atoms with Crippen molar-refractivity contribution in [3.05, 3.63) is 27.9 Å². The first-order valence-electron chi connectivity index (χ1n) is 4.84. The van der Waals surface area contributed by atoms with Crippen molar-refractivity contribution in [1.29, 1.82) is 0 Å². The van der Waals surface area contributed by atoms with Gasteiger partial charge in [-0.15, -0.1) is 0 Å². The molecule has 0 aliphatic rings. The zero-order valence-electron chi connectivity index (χ0n) is 8.85. The second kappa shape index (κ2) is 5.80. The lowest BCUT2D eigenvalue weighted by Crippen LogP contribution is -2.19. The minimum Gasteiger partial charge on any atom is -0.390 e. The maximum absolute atomic E-state index is 10.6. The molecule has 1 aromatic rings. The van der Waals surface area contributed by atoms with Gasteiger partial charge in [0.25, 0.3) is 0 Å². The summed E-state index contributed by atoms with van der Waals surface area (Å²) in [4.78, 5) is 13.5. The van der Waals surface area contributed by atoms with E-state index in [-0.39, 0.29) is 23.5 Å². The molecule has 1 aromatic heterocycles. The van der Waals surface area contributed by atoms with Crippen molar-refractivity contribution in [2.75, 3.05) is 11.5 Å². The Bertz CT molecular complexity index is 415.